The lowest BCUT2D eigenvalue weighted by atomic mass is 9.58. The number of amides is 2. The third-order valence-corrected chi connectivity index (χ3v) is 8.07. The molecule has 1 aliphatic heterocycles. The summed E-state index contributed by atoms with van der Waals surface area (Å²) in [5, 5.41) is 0. The van der Waals surface area contributed by atoms with Gasteiger partial charge in [-0.05, 0) is 84.5 Å². The number of aromatic nitrogens is 1. The van der Waals surface area contributed by atoms with Crippen LogP contribution in [0.2, 0.25) is 0 Å². The standard InChI is InChI=1S/C26H36N4O/c1-5-6-7-19(2)26(28(3)4)16-25(17-26)18-29(24(31)30(25)15-20-8-9-20)22-12-13-23(27-14-22)21-10-11-21/h5-7,12-14,20-21H,8-11,15-18H2,1-4H3/b6-5-,19-7+/t25-,26+. The van der Waals surface area contributed by atoms with E-state index in [0.29, 0.717) is 11.8 Å². The van der Waals surface area contributed by atoms with Crippen molar-refractivity contribution >= 4 is 11.7 Å². The Labute approximate surface area is 186 Å². The van der Waals surface area contributed by atoms with Gasteiger partial charge in [0.2, 0.25) is 0 Å². The van der Waals surface area contributed by atoms with E-state index in [2.05, 4.69) is 68.1 Å². The summed E-state index contributed by atoms with van der Waals surface area (Å²) in [5.41, 5.74) is 3.46. The summed E-state index contributed by atoms with van der Waals surface area (Å²) < 4.78 is 0. The lowest BCUT2D eigenvalue weighted by Gasteiger charge is -2.61. The highest BCUT2D eigenvalue weighted by molar-refractivity contribution is 5.95. The van der Waals surface area contributed by atoms with E-state index in [0.717, 1.165) is 31.6 Å². The number of nitrogens with zero attached hydrogens (tertiary/aromatic N) is 4. The number of pyridine rings is 1. The molecule has 0 bridgehead atoms. The first-order chi connectivity index (χ1) is 14.9. The van der Waals surface area contributed by atoms with Crippen LogP contribution in [0.1, 0.15) is 64.0 Å². The number of likely N-dealkylation sites (N-methyl/N-ethyl adjacent to an activating group) is 1. The maximum Gasteiger partial charge on any atom is 0.325 e. The van der Waals surface area contributed by atoms with Gasteiger partial charge >= 0.3 is 6.03 Å². The monoisotopic (exact) mass is 420 g/mol. The van der Waals surface area contributed by atoms with Crippen LogP contribution in [0, 0.1) is 5.92 Å². The minimum Gasteiger partial charge on any atom is -0.316 e. The van der Waals surface area contributed by atoms with Gasteiger partial charge in [0.15, 0.2) is 0 Å². The van der Waals surface area contributed by atoms with Crippen LogP contribution in [0.3, 0.4) is 0 Å². The molecular formula is C26H36N4O. The van der Waals surface area contributed by atoms with Crippen LogP contribution in [0.15, 0.2) is 42.1 Å². The van der Waals surface area contributed by atoms with Crippen LogP contribution in [-0.4, -0.2) is 59.1 Å². The van der Waals surface area contributed by atoms with Gasteiger partial charge in [-0.25, -0.2) is 4.79 Å². The fourth-order valence-corrected chi connectivity index (χ4v) is 5.69. The van der Waals surface area contributed by atoms with Crippen LogP contribution < -0.4 is 4.90 Å². The van der Waals surface area contributed by atoms with Gasteiger partial charge in [-0.3, -0.25) is 14.8 Å². The number of carbonyl (C=O) groups is 1. The van der Waals surface area contributed by atoms with Crippen LogP contribution >= 0.6 is 0 Å². The third kappa shape index (κ3) is 3.51. The molecule has 3 saturated carbocycles. The Balaban J connectivity index is 1.42. The first-order valence-electron chi connectivity index (χ1n) is 11.9. The summed E-state index contributed by atoms with van der Waals surface area (Å²) in [7, 11) is 4.36. The van der Waals surface area contributed by atoms with Gasteiger partial charge in [-0.2, -0.15) is 0 Å². The van der Waals surface area contributed by atoms with Crippen molar-refractivity contribution in [2.75, 3.05) is 32.1 Å². The molecule has 3 aliphatic carbocycles. The quantitative estimate of drug-likeness (QED) is 0.585. The maximum atomic E-state index is 13.6. The molecule has 0 radical (unpaired) electrons. The van der Waals surface area contributed by atoms with E-state index < -0.39 is 0 Å². The summed E-state index contributed by atoms with van der Waals surface area (Å²) in [4.78, 5) is 24.9. The smallest absolute Gasteiger partial charge is 0.316 e. The van der Waals surface area contributed by atoms with Crippen LogP contribution in [0.4, 0.5) is 10.5 Å². The Kier molecular flexibility index (Phi) is 5.00. The molecule has 5 heteroatoms. The lowest BCUT2D eigenvalue weighted by Crippen LogP contribution is -2.70. The molecule has 2 heterocycles. The van der Waals surface area contributed by atoms with E-state index in [1.807, 2.05) is 11.1 Å². The highest BCUT2D eigenvalue weighted by Crippen LogP contribution is 2.56. The zero-order valence-corrected chi connectivity index (χ0v) is 19.5. The molecule has 5 nitrogen and oxygen atoms in total. The third-order valence-electron chi connectivity index (χ3n) is 8.07. The number of rotatable bonds is 7. The number of urea groups is 1. The number of hydrogen-bond donors (Lipinski definition) is 0. The SMILES string of the molecule is C/C=C\C=C(/C)[C@]1(N(C)C)C[C@]2(CN(c3ccc(C4CC4)nc3)C(=O)N2CC2CC2)C1. The second kappa shape index (κ2) is 7.47. The molecule has 1 saturated heterocycles. The van der Waals surface area contributed by atoms with Crippen molar-refractivity contribution in [2.45, 2.75) is 69.4 Å². The summed E-state index contributed by atoms with van der Waals surface area (Å²) in [5.74, 6) is 1.32. The van der Waals surface area contributed by atoms with Gasteiger partial charge in [0, 0.05) is 23.7 Å². The van der Waals surface area contributed by atoms with Gasteiger partial charge < -0.3 is 4.90 Å². The normalized spacial score (nSPS) is 31.4. The van der Waals surface area contributed by atoms with E-state index in [4.69, 9.17) is 4.98 Å². The molecule has 4 fully saturated rings. The fourth-order valence-electron chi connectivity index (χ4n) is 5.69. The first-order valence-corrected chi connectivity index (χ1v) is 11.9. The van der Waals surface area contributed by atoms with E-state index in [-0.39, 0.29) is 17.1 Å². The highest BCUT2D eigenvalue weighted by Gasteiger charge is 2.65. The molecule has 4 aliphatic rings. The predicted molar refractivity (Wildman–Crippen MR) is 125 cm³/mol. The molecule has 0 atom stereocenters. The second-order valence-electron chi connectivity index (χ2n) is 10.5. The summed E-state index contributed by atoms with van der Waals surface area (Å²) >= 11 is 0. The number of allylic oxidation sites excluding steroid dienone is 3. The largest absolute Gasteiger partial charge is 0.325 e. The van der Waals surface area contributed by atoms with Crippen LogP contribution in [0.5, 0.6) is 0 Å². The first kappa shape index (κ1) is 20.7. The Hall–Kier alpha value is -2.14. The van der Waals surface area contributed by atoms with E-state index >= 15 is 0 Å². The second-order valence-corrected chi connectivity index (χ2v) is 10.5. The van der Waals surface area contributed by atoms with Crippen LogP contribution in [-0.2, 0) is 0 Å². The lowest BCUT2D eigenvalue weighted by molar-refractivity contribution is -0.0405. The number of hydrogen-bond acceptors (Lipinski definition) is 3. The van der Waals surface area contributed by atoms with Crippen molar-refractivity contribution in [2.24, 2.45) is 5.92 Å². The molecule has 0 aromatic carbocycles. The van der Waals surface area contributed by atoms with Crippen molar-refractivity contribution < 1.29 is 4.79 Å². The van der Waals surface area contributed by atoms with Crippen molar-refractivity contribution in [3.63, 3.8) is 0 Å². The molecule has 5 rings (SSSR count). The zero-order chi connectivity index (χ0) is 21.8. The van der Waals surface area contributed by atoms with E-state index in [1.165, 1.54) is 37.0 Å². The van der Waals surface area contributed by atoms with Crippen molar-refractivity contribution in [1.82, 2.24) is 14.8 Å². The minimum absolute atomic E-state index is 0.0195. The van der Waals surface area contributed by atoms with Crippen molar-refractivity contribution in [1.29, 1.82) is 0 Å². The molecule has 1 aromatic heterocycles. The van der Waals surface area contributed by atoms with Crippen LogP contribution in [0.25, 0.3) is 0 Å². The average Bonchev–Trinajstić information content (AvgIpc) is 3.64. The van der Waals surface area contributed by atoms with E-state index in [1.54, 1.807) is 0 Å². The van der Waals surface area contributed by atoms with Gasteiger partial charge in [-0.15, -0.1) is 0 Å². The molecule has 0 N–H and O–H groups in total. The topological polar surface area (TPSA) is 39.7 Å². The summed E-state index contributed by atoms with van der Waals surface area (Å²) in [6.45, 7) is 5.98. The molecule has 2 amide bonds. The fraction of sp³-hybridized carbons (Fsp3) is 0.615. The summed E-state index contributed by atoms with van der Waals surface area (Å²) in [6, 6.07) is 4.42. The highest BCUT2D eigenvalue weighted by atomic mass is 16.2. The number of carbonyl (C=O) groups excluding carboxylic acids is 1. The molecule has 1 aromatic rings. The van der Waals surface area contributed by atoms with Gasteiger partial charge in [0.25, 0.3) is 0 Å². The maximum absolute atomic E-state index is 13.6. The Morgan fingerprint density at radius 3 is 2.52 bits per heavy atom. The Bertz CT molecular complexity index is 902. The summed E-state index contributed by atoms with van der Waals surface area (Å²) in [6.07, 6.45) is 15.4. The number of anilines is 1. The Morgan fingerprint density at radius 1 is 1.23 bits per heavy atom. The van der Waals surface area contributed by atoms with Crippen molar-refractivity contribution in [3.8, 4) is 0 Å². The van der Waals surface area contributed by atoms with E-state index in [9.17, 15) is 4.79 Å². The molecule has 166 valence electrons. The molecular weight excluding hydrogens is 384 g/mol. The van der Waals surface area contributed by atoms with Gasteiger partial charge in [0.1, 0.15) is 0 Å². The average molecular weight is 421 g/mol. The molecule has 1 spiro atoms. The predicted octanol–water partition coefficient (Wildman–Crippen LogP) is 4.97. The molecule has 0 unspecified atom stereocenters. The molecule has 31 heavy (non-hydrogen) atoms. The van der Waals surface area contributed by atoms with Gasteiger partial charge in [0.05, 0.1) is 24.0 Å². The van der Waals surface area contributed by atoms with Gasteiger partial charge in [-0.1, -0.05) is 23.8 Å². The minimum atomic E-state index is -0.0792. The van der Waals surface area contributed by atoms with Crippen molar-refractivity contribution in [3.05, 3.63) is 47.8 Å². The Morgan fingerprint density at radius 2 is 1.97 bits per heavy atom. The zero-order valence-electron chi connectivity index (χ0n) is 19.5.